The predicted molar refractivity (Wildman–Crippen MR) is 93.9 cm³/mol. The average molecular weight is 382 g/mol. The number of benzene rings is 1. The summed E-state index contributed by atoms with van der Waals surface area (Å²) >= 11 is 3.40. The van der Waals surface area contributed by atoms with Gasteiger partial charge in [0.25, 0.3) is 0 Å². The van der Waals surface area contributed by atoms with Crippen LogP contribution in [0, 0.1) is 5.92 Å². The Morgan fingerprint density at radius 3 is 2.65 bits per heavy atom. The van der Waals surface area contributed by atoms with Gasteiger partial charge in [0.1, 0.15) is 0 Å². The number of hydrogen-bond acceptors (Lipinski definition) is 3. The number of nitrogens with one attached hydrogen (secondary N) is 3. The normalized spacial score (nSPS) is 22.2. The van der Waals surface area contributed by atoms with Gasteiger partial charge in [-0.15, -0.1) is 0 Å². The van der Waals surface area contributed by atoms with Crippen LogP contribution in [0.25, 0.3) is 0 Å². The third-order valence-electron chi connectivity index (χ3n) is 4.21. The van der Waals surface area contributed by atoms with Crippen LogP contribution < -0.4 is 16.0 Å². The van der Waals surface area contributed by atoms with Crippen molar-refractivity contribution in [3.63, 3.8) is 0 Å². The Bertz CT molecular complexity index is 547. The molecule has 1 aliphatic rings. The van der Waals surface area contributed by atoms with Gasteiger partial charge in [0, 0.05) is 24.0 Å². The molecule has 3 unspecified atom stereocenters. The van der Waals surface area contributed by atoms with Crippen LogP contribution in [0.5, 0.6) is 0 Å². The van der Waals surface area contributed by atoms with Crippen molar-refractivity contribution in [2.24, 2.45) is 5.92 Å². The van der Waals surface area contributed by atoms with Crippen LogP contribution in [0.4, 0.5) is 0 Å². The van der Waals surface area contributed by atoms with Gasteiger partial charge in [-0.1, -0.05) is 35.0 Å². The fourth-order valence-corrected chi connectivity index (χ4v) is 3.09. The molecule has 1 heterocycles. The molecule has 1 aromatic rings. The first-order valence-corrected chi connectivity index (χ1v) is 8.77. The van der Waals surface area contributed by atoms with E-state index in [1.54, 1.807) is 0 Å². The topological polar surface area (TPSA) is 70.2 Å². The lowest BCUT2D eigenvalue weighted by molar-refractivity contribution is -0.123. The quantitative estimate of drug-likeness (QED) is 0.731. The van der Waals surface area contributed by atoms with Crippen LogP contribution in [-0.2, 0) is 9.59 Å². The van der Waals surface area contributed by atoms with Crippen molar-refractivity contribution in [1.29, 1.82) is 0 Å². The van der Waals surface area contributed by atoms with Crippen molar-refractivity contribution in [3.05, 3.63) is 34.3 Å². The Kier molecular flexibility index (Phi) is 6.59. The molecule has 2 rings (SSSR count). The molecular formula is C17H24BrN3O2. The molecule has 0 spiro atoms. The van der Waals surface area contributed by atoms with Crippen LogP contribution in [-0.4, -0.2) is 30.9 Å². The number of piperidine rings is 1. The molecule has 0 saturated carbocycles. The number of carbonyl (C=O) groups is 2. The van der Waals surface area contributed by atoms with Gasteiger partial charge in [-0.05, 0) is 36.6 Å². The molecular weight excluding hydrogens is 358 g/mol. The van der Waals surface area contributed by atoms with E-state index >= 15 is 0 Å². The summed E-state index contributed by atoms with van der Waals surface area (Å²) in [4.78, 5) is 23.8. The Labute approximate surface area is 145 Å². The first-order chi connectivity index (χ1) is 11.0. The van der Waals surface area contributed by atoms with E-state index in [0.717, 1.165) is 29.5 Å². The summed E-state index contributed by atoms with van der Waals surface area (Å²) in [5.41, 5.74) is 0.924. The van der Waals surface area contributed by atoms with Crippen molar-refractivity contribution in [1.82, 2.24) is 16.0 Å². The second-order valence-corrected chi connectivity index (χ2v) is 7.07. The lowest BCUT2D eigenvalue weighted by atomic mass is 9.94. The molecule has 126 valence electrons. The SMILES string of the molecule is CC(=O)NC(CC(=O)NC1CNCCC1C)c1ccc(Br)cc1. The van der Waals surface area contributed by atoms with Crippen LogP contribution in [0.1, 0.15) is 38.3 Å². The second-order valence-electron chi connectivity index (χ2n) is 6.15. The number of halogens is 1. The molecule has 6 heteroatoms. The summed E-state index contributed by atoms with van der Waals surface area (Å²) in [6, 6.07) is 7.50. The van der Waals surface area contributed by atoms with Gasteiger partial charge >= 0.3 is 0 Å². The zero-order valence-corrected chi connectivity index (χ0v) is 15.2. The van der Waals surface area contributed by atoms with Crippen LogP contribution in [0.3, 0.4) is 0 Å². The number of hydrogen-bond donors (Lipinski definition) is 3. The highest BCUT2D eigenvalue weighted by molar-refractivity contribution is 9.10. The number of amides is 2. The maximum absolute atomic E-state index is 12.4. The van der Waals surface area contributed by atoms with Gasteiger partial charge in [0.05, 0.1) is 12.5 Å². The highest BCUT2D eigenvalue weighted by Crippen LogP contribution is 2.20. The molecule has 5 nitrogen and oxygen atoms in total. The van der Waals surface area contributed by atoms with Crippen molar-refractivity contribution in [2.75, 3.05) is 13.1 Å². The predicted octanol–water partition coefficient (Wildman–Crippen LogP) is 2.13. The van der Waals surface area contributed by atoms with Gasteiger partial charge in [0.15, 0.2) is 0 Å². The Morgan fingerprint density at radius 1 is 1.35 bits per heavy atom. The molecule has 2 amide bonds. The minimum atomic E-state index is -0.313. The van der Waals surface area contributed by atoms with E-state index in [4.69, 9.17) is 0 Å². The molecule has 3 atom stereocenters. The summed E-state index contributed by atoms with van der Waals surface area (Å²) < 4.78 is 0.967. The van der Waals surface area contributed by atoms with Crippen LogP contribution in [0.15, 0.2) is 28.7 Å². The Hall–Kier alpha value is -1.40. The van der Waals surface area contributed by atoms with E-state index in [1.165, 1.54) is 6.92 Å². The van der Waals surface area contributed by atoms with E-state index in [9.17, 15) is 9.59 Å². The van der Waals surface area contributed by atoms with Gasteiger partial charge in [-0.3, -0.25) is 9.59 Å². The van der Waals surface area contributed by atoms with E-state index in [2.05, 4.69) is 38.8 Å². The largest absolute Gasteiger partial charge is 0.352 e. The van der Waals surface area contributed by atoms with E-state index in [1.807, 2.05) is 24.3 Å². The number of carbonyl (C=O) groups excluding carboxylic acids is 2. The number of rotatable bonds is 5. The van der Waals surface area contributed by atoms with Gasteiger partial charge in [-0.25, -0.2) is 0 Å². The third kappa shape index (κ3) is 5.62. The molecule has 0 aromatic heterocycles. The van der Waals surface area contributed by atoms with Gasteiger partial charge in [-0.2, -0.15) is 0 Å². The van der Waals surface area contributed by atoms with E-state index in [-0.39, 0.29) is 30.3 Å². The van der Waals surface area contributed by atoms with Crippen molar-refractivity contribution >= 4 is 27.7 Å². The molecule has 3 N–H and O–H groups in total. The second kappa shape index (κ2) is 8.45. The smallest absolute Gasteiger partial charge is 0.222 e. The molecule has 1 fully saturated rings. The van der Waals surface area contributed by atoms with Crippen LogP contribution in [0.2, 0.25) is 0 Å². The van der Waals surface area contributed by atoms with E-state index < -0.39 is 0 Å². The molecule has 1 aliphatic heterocycles. The minimum absolute atomic E-state index is 0.0350. The molecule has 1 saturated heterocycles. The minimum Gasteiger partial charge on any atom is -0.352 e. The first-order valence-electron chi connectivity index (χ1n) is 7.98. The van der Waals surface area contributed by atoms with Crippen LogP contribution >= 0.6 is 15.9 Å². The highest BCUT2D eigenvalue weighted by atomic mass is 79.9. The van der Waals surface area contributed by atoms with Gasteiger partial charge < -0.3 is 16.0 Å². The standard InChI is InChI=1S/C17H24BrN3O2/c1-11-7-8-19-10-16(11)21-17(23)9-15(20-12(2)22)13-3-5-14(18)6-4-13/h3-6,11,15-16,19H,7-10H2,1-2H3,(H,20,22)(H,21,23). The maximum atomic E-state index is 12.4. The highest BCUT2D eigenvalue weighted by Gasteiger charge is 2.24. The fourth-order valence-electron chi connectivity index (χ4n) is 2.83. The summed E-state index contributed by atoms with van der Waals surface area (Å²) in [5, 5.41) is 9.26. The van der Waals surface area contributed by atoms with Crippen molar-refractivity contribution < 1.29 is 9.59 Å². The monoisotopic (exact) mass is 381 g/mol. The molecule has 1 aromatic carbocycles. The molecule has 0 bridgehead atoms. The molecule has 0 aliphatic carbocycles. The fraction of sp³-hybridized carbons (Fsp3) is 0.529. The zero-order valence-electron chi connectivity index (χ0n) is 13.6. The van der Waals surface area contributed by atoms with Crippen molar-refractivity contribution in [2.45, 2.75) is 38.8 Å². The molecule has 23 heavy (non-hydrogen) atoms. The Morgan fingerprint density at radius 2 is 2.04 bits per heavy atom. The molecule has 0 radical (unpaired) electrons. The first kappa shape index (κ1) is 17.9. The summed E-state index contributed by atoms with van der Waals surface area (Å²) in [6.45, 7) is 5.43. The summed E-state index contributed by atoms with van der Waals surface area (Å²) in [7, 11) is 0. The third-order valence-corrected chi connectivity index (χ3v) is 4.74. The Balaban J connectivity index is 2.00. The lowest BCUT2D eigenvalue weighted by Gasteiger charge is -2.30. The summed E-state index contributed by atoms with van der Waals surface area (Å²) in [5.74, 6) is 0.290. The average Bonchev–Trinajstić information content (AvgIpc) is 2.49. The van der Waals surface area contributed by atoms with E-state index in [0.29, 0.717) is 5.92 Å². The van der Waals surface area contributed by atoms with Gasteiger partial charge in [0.2, 0.25) is 11.8 Å². The lowest BCUT2D eigenvalue weighted by Crippen LogP contribution is -2.50. The maximum Gasteiger partial charge on any atom is 0.222 e. The van der Waals surface area contributed by atoms with Crippen molar-refractivity contribution in [3.8, 4) is 0 Å². The zero-order chi connectivity index (χ0) is 16.8. The summed E-state index contributed by atoms with van der Waals surface area (Å²) in [6.07, 6.45) is 1.30.